The summed E-state index contributed by atoms with van der Waals surface area (Å²) in [5.41, 5.74) is 0.868. The summed E-state index contributed by atoms with van der Waals surface area (Å²) in [6, 6.07) is 7.56. The molecule has 0 aromatic heterocycles. The molecule has 1 aromatic carbocycles. The lowest BCUT2D eigenvalue weighted by atomic mass is 10.2. The largest absolute Gasteiger partial charge is 0.497 e. The average molecular weight is 379 g/mol. The Hall–Kier alpha value is -2.28. The standard InChI is InChI=1S/C10H14N2O2.C10H20N2O/c1-11-10(13)7-12-8-4-3-5-9(6-8)14-2;1-8(2)7-11-10(13)9-5-4-6-12(9)3/h3-6,12H,7H2,1-2H3,(H,11,13);8-9H,4-7H2,1-3H3,(H,11,13). The van der Waals surface area contributed by atoms with Crippen LogP contribution in [0.3, 0.4) is 0 Å². The van der Waals surface area contributed by atoms with Gasteiger partial charge in [0.1, 0.15) is 5.75 Å². The lowest BCUT2D eigenvalue weighted by Gasteiger charge is -2.19. The molecule has 1 fully saturated rings. The summed E-state index contributed by atoms with van der Waals surface area (Å²) in [5.74, 6) is 1.46. The first-order valence-electron chi connectivity index (χ1n) is 9.43. The second-order valence-electron chi connectivity index (χ2n) is 7.04. The molecule has 0 aliphatic carbocycles. The number of likely N-dealkylation sites (N-methyl/N-ethyl adjacent to an activating group) is 2. The van der Waals surface area contributed by atoms with E-state index in [1.807, 2.05) is 31.3 Å². The van der Waals surface area contributed by atoms with Gasteiger partial charge in [0.15, 0.2) is 0 Å². The lowest BCUT2D eigenvalue weighted by molar-refractivity contribution is -0.125. The van der Waals surface area contributed by atoms with Crippen LogP contribution in [-0.2, 0) is 9.59 Å². The first kappa shape index (κ1) is 22.8. The minimum Gasteiger partial charge on any atom is -0.497 e. The molecule has 2 rings (SSSR count). The Balaban J connectivity index is 0.000000271. The van der Waals surface area contributed by atoms with Crippen molar-refractivity contribution in [1.29, 1.82) is 0 Å². The molecule has 3 N–H and O–H groups in total. The zero-order valence-corrected chi connectivity index (χ0v) is 17.2. The van der Waals surface area contributed by atoms with E-state index in [0.717, 1.165) is 37.4 Å². The number of likely N-dealkylation sites (tertiary alicyclic amines) is 1. The minimum atomic E-state index is -0.0483. The van der Waals surface area contributed by atoms with Gasteiger partial charge in [0.2, 0.25) is 11.8 Å². The predicted molar refractivity (Wildman–Crippen MR) is 109 cm³/mol. The Bertz CT molecular complexity index is 592. The highest BCUT2D eigenvalue weighted by Gasteiger charge is 2.27. The van der Waals surface area contributed by atoms with Gasteiger partial charge in [-0.15, -0.1) is 0 Å². The number of ether oxygens (including phenoxy) is 1. The highest BCUT2D eigenvalue weighted by molar-refractivity contribution is 5.82. The van der Waals surface area contributed by atoms with Crippen molar-refractivity contribution in [3.8, 4) is 5.75 Å². The molecule has 1 saturated heterocycles. The van der Waals surface area contributed by atoms with Crippen LogP contribution in [0, 0.1) is 5.92 Å². The molecular formula is C20H34N4O3. The molecule has 1 heterocycles. The normalized spacial score (nSPS) is 16.3. The smallest absolute Gasteiger partial charge is 0.239 e. The zero-order chi connectivity index (χ0) is 20.2. The molecule has 152 valence electrons. The molecule has 1 aliphatic rings. The number of hydrogen-bond acceptors (Lipinski definition) is 5. The van der Waals surface area contributed by atoms with E-state index in [1.165, 1.54) is 0 Å². The summed E-state index contributed by atoms with van der Waals surface area (Å²) >= 11 is 0. The van der Waals surface area contributed by atoms with Crippen molar-refractivity contribution in [3.05, 3.63) is 24.3 Å². The molecule has 7 nitrogen and oxygen atoms in total. The van der Waals surface area contributed by atoms with Crippen molar-refractivity contribution in [2.75, 3.05) is 46.2 Å². The number of nitrogens with zero attached hydrogens (tertiary/aromatic N) is 1. The maximum Gasteiger partial charge on any atom is 0.239 e. The fourth-order valence-corrected chi connectivity index (χ4v) is 2.67. The molecule has 1 unspecified atom stereocenters. The second-order valence-corrected chi connectivity index (χ2v) is 7.04. The summed E-state index contributed by atoms with van der Waals surface area (Å²) in [6.07, 6.45) is 2.16. The van der Waals surface area contributed by atoms with Gasteiger partial charge in [-0.05, 0) is 44.5 Å². The molecule has 1 aromatic rings. The molecule has 0 radical (unpaired) electrons. The van der Waals surface area contributed by atoms with E-state index in [-0.39, 0.29) is 24.4 Å². The van der Waals surface area contributed by atoms with E-state index >= 15 is 0 Å². The first-order valence-corrected chi connectivity index (χ1v) is 9.43. The van der Waals surface area contributed by atoms with Crippen LogP contribution in [0.2, 0.25) is 0 Å². The third-order valence-corrected chi connectivity index (χ3v) is 4.31. The minimum absolute atomic E-state index is 0.0483. The number of hydrogen-bond donors (Lipinski definition) is 3. The molecule has 1 atom stereocenters. The number of anilines is 1. The zero-order valence-electron chi connectivity index (χ0n) is 17.2. The van der Waals surface area contributed by atoms with Crippen LogP contribution in [0.1, 0.15) is 26.7 Å². The highest BCUT2D eigenvalue weighted by atomic mass is 16.5. The summed E-state index contributed by atoms with van der Waals surface area (Å²) in [7, 11) is 5.24. The topological polar surface area (TPSA) is 82.7 Å². The van der Waals surface area contributed by atoms with Crippen LogP contribution in [0.25, 0.3) is 0 Å². The Labute approximate surface area is 162 Å². The van der Waals surface area contributed by atoms with Crippen LogP contribution in [0.15, 0.2) is 24.3 Å². The van der Waals surface area contributed by atoms with Crippen LogP contribution in [0.5, 0.6) is 5.75 Å². The van der Waals surface area contributed by atoms with E-state index < -0.39 is 0 Å². The molecule has 0 saturated carbocycles. The summed E-state index contributed by atoms with van der Waals surface area (Å²) < 4.78 is 5.05. The molecular weight excluding hydrogens is 344 g/mol. The Morgan fingerprint density at radius 2 is 2.07 bits per heavy atom. The van der Waals surface area contributed by atoms with Crippen molar-refractivity contribution in [2.45, 2.75) is 32.7 Å². The van der Waals surface area contributed by atoms with Crippen LogP contribution < -0.4 is 20.7 Å². The first-order chi connectivity index (χ1) is 12.9. The molecule has 1 aliphatic heterocycles. The number of rotatable bonds is 7. The van der Waals surface area contributed by atoms with Gasteiger partial charge in [0, 0.05) is 25.3 Å². The van der Waals surface area contributed by atoms with Crippen molar-refractivity contribution in [1.82, 2.24) is 15.5 Å². The molecule has 2 amide bonds. The number of carbonyl (C=O) groups excluding carboxylic acids is 2. The number of nitrogens with one attached hydrogen (secondary N) is 3. The van der Waals surface area contributed by atoms with Gasteiger partial charge in [-0.2, -0.15) is 0 Å². The number of amides is 2. The van der Waals surface area contributed by atoms with Crippen molar-refractivity contribution in [2.24, 2.45) is 5.92 Å². The second kappa shape index (κ2) is 12.2. The molecule has 7 heteroatoms. The van der Waals surface area contributed by atoms with E-state index in [2.05, 4.69) is 34.7 Å². The summed E-state index contributed by atoms with van der Waals surface area (Å²) in [5, 5.41) is 8.48. The monoisotopic (exact) mass is 378 g/mol. The lowest BCUT2D eigenvalue weighted by Crippen LogP contribution is -2.42. The van der Waals surface area contributed by atoms with Gasteiger partial charge in [0.05, 0.1) is 19.7 Å². The number of carbonyl (C=O) groups is 2. The Morgan fingerprint density at radius 3 is 2.63 bits per heavy atom. The highest BCUT2D eigenvalue weighted by Crippen LogP contribution is 2.16. The van der Waals surface area contributed by atoms with Crippen molar-refractivity contribution in [3.63, 3.8) is 0 Å². The van der Waals surface area contributed by atoms with Gasteiger partial charge in [-0.1, -0.05) is 19.9 Å². The summed E-state index contributed by atoms with van der Waals surface area (Å²) in [6.45, 7) is 6.34. The van der Waals surface area contributed by atoms with E-state index in [1.54, 1.807) is 14.2 Å². The van der Waals surface area contributed by atoms with E-state index in [9.17, 15) is 9.59 Å². The van der Waals surface area contributed by atoms with Gasteiger partial charge in [-0.25, -0.2) is 0 Å². The van der Waals surface area contributed by atoms with Gasteiger partial charge < -0.3 is 20.7 Å². The van der Waals surface area contributed by atoms with E-state index in [0.29, 0.717) is 5.92 Å². The molecule has 27 heavy (non-hydrogen) atoms. The maximum atomic E-state index is 11.6. The predicted octanol–water partition coefficient (Wildman–Crippen LogP) is 1.71. The fraction of sp³-hybridized carbons (Fsp3) is 0.600. The average Bonchev–Trinajstić information content (AvgIpc) is 3.10. The SMILES string of the molecule is CC(C)CNC(=O)C1CCCN1C.CNC(=O)CNc1cccc(OC)c1. The van der Waals surface area contributed by atoms with Crippen LogP contribution >= 0.6 is 0 Å². The van der Waals surface area contributed by atoms with Crippen LogP contribution in [0.4, 0.5) is 5.69 Å². The summed E-state index contributed by atoms with van der Waals surface area (Å²) in [4.78, 5) is 24.7. The molecule has 0 spiro atoms. The quantitative estimate of drug-likeness (QED) is 0.673. The Kier molecular flexibility index (Phi) is 10.3. The third-order valence-electron chi connectivity index (χ3n) is 4.31. The maximum absolute atomic E-state index is 11.6. The van der Waals surface area contributed by atoms with E-state index in [4.69, 9.17) is 4.74 Å². The Morgan fingerprint density at radius 1 is 1.33 bits per heavy atom. The molecule has 0 bridgehead atoms. The van der Waals surface area contributed by atoms with Gasteiger partial charge in [-0.3, -0.25) is 14.5 Å². The van der Waals surface area contributed by atoms with Gasteiger partial charge in [0.25, 0.3) is 0 Å². The third kappa shape index (κ3) is 8.77. The number of benzene rings is 1. The van der Waals surface area contributed by atoms with Gasteiger partial charge >= 0.3 is 0 Å². The number of methoxy groups -OCH3 is 1. The van der Waals surface area contributed by atoms with Crippen molar-refractivity contribution >= 4 is 17.5 Å². The fourth-order valence-electron chi connectivity index (χ4n) is 2.67. The van der Waals surface area contributed by atoms with Crippen LogP contribution in [-0.4, -0.2) is 63.6 Å². The van der Waals surface area contributed by atoms with Crippen molar-refractivity contribution < 1.29 is 14.3 Å².